The Morgan fingerprint density at radius 1 is 1.47 bits per heavy atom. The van der Waals surface area contributed by atoms with Crippen molar-refractivity contribution in [2.24, 2.45) is 0 Å². The van der Waals surface area contributed by atoms with Gasteiger partial charge in [-0.2, -0.15) is 10.2 Å². The van der Waals surface area contributed by atoms with Crippen LogP contribution >= 0.6 is 0 Å². The van der Waals surface area contributed by atoms with Gasteiger partial charge < -0.3 is 5.73 Å². The minimum Gasteiger partial charge on any atom is -0.382 e. The third kappa shape index (κ3) is 2.05. The van der Waals surface area contributed by atoms with Crippen LogP contribution in [0.2, 0.25) is 0 Å². The van der Waals surface area contributed by atoms with Gasteiger partial charge in [-0.25, -0.2) is 4.98 Å². The third-order valence-electron chi connectivity index (χ3n) is 1.55. The summed E-state index contributed by atoms with van der Waals surface area (Å²) in [6, 6.07) is 1.41. The lowest BCUT2D eigenvalue weighted by atomic mass is 10.4. The van der Waals surface area contributed by atoms with Gasteiger partial charge in [-0.3, -0.25) is 15.2 Å². The Labute approximate surface area is 83.9 Å². The van der Waals surface area contributed by atoms with Crippen LogP contribution in [-0.2, 0) is 0 Å². The van der Waals surface area contributed by atoms with Gasteiger partial charge in [0.05, 0.1) is 12.4 Å². The van der Waals surface area contributed by atoms with Crippen molar-refractivity contribution in [3.05, 3.63) is 24.2 Å². The van der Waals surface area contributed by atoms with Crippen LogP contribution in [0.4, 0.5) is 11.8 Å². The minimum absolute atomic E-state index is 0.121. The van der Waals surface area contributed by atoms with E-state index in [1.165, 1.54) is 18.5 Å². The van der Waals surface area contributed by atoms with Crippen molar-refractivity contribution >= 4 is 17.7 Å². The number of nitrogen functional groups attached to an aromatic ring is 1. The second kappa shape index (κ2) is 3.70. The molecule has 8 heteroatoms. The highest BCUT2D eigenvalue weighted by atomic mass is 16.2. The molecule has 8 nitrogen and oxygen atoms in total. The summed E-state index contributed by atoms with van der Waals surface area (Å²) < 4.78 is 0. The predicted molar refractivity (Wildman–Crippen MR) is 50.8 cm³/mol. The van der Waals surface area contributed by atoms with Crippen molar-refractivity contribution < 1.29 is 4.79 Å². The molecule has 2 aromatic rings. The van der Waals surface area contributed by atoms with Crippen molar-refractivity contribution in [1.29, 1.82) is 0 Å². The van der Waals surface area contributed by atoms with Crippen LogP contribution in [0, 0.1) is 0 Å². The fourth-order valence-electron chi connectivity index (χ4n) is 0.927. The number of nitrogens with zero attached hydrogens (tertiary/aromatic N) is 4. The van der Waals surface area contributed by atoms with Gasteiger partial charge in [-0.1, -0.05) is 0 Å². The Hall–Kier alpha value is -2.51. The fourth-order valence-corrected chi connectivity index (χ4v) is 0.927. The van der Waals surface area contributed by atoms with E-state index in [1.807, 2.05) is 0 Å². The molecule has 0 bridgehead atoms. The predicted octanol–water partition coefficient (Wildman–Crippen LogP) is -0.571. The van der Waals surface area contributed by atoms with Crippen LogP contribution in [0.3, 0.4) is 0 Å². The van der Waals surface area contributed by atoms with Crippen LogP contribution in [-0.4, -0.2) is 31.3 Å². The largest absolute Gasteiger partial charge is 0.382 e. The lowest BCUT2D eigenvalue weighted by Crippen LogP contribution is -2.14. The zero-order valence-electron chi connectivity index (χ0n) is 7.51. The molecule has 0 unspecified atom stereocenters. The summed E-state index contributed by atoms with van der Waals surface area (Å²) in [5.74, 6) is -0.0601. The van der Waals surface area contributed by atoms with E-state index in [4.69, 9.17) is 5.73 Å². The molecule has 1 amide bonds. The Morgan fingerprint density at radius 2 is 2.33 bits per heavy atom. The topological polar surface area (TPSA) is 122 Å². The maximum absolute atomic E-state index is 11.5. The smallest absolute Gasteiger partial charge is 0.276 e. The van der Waals surface area contributed by atoms with Crippen molar-refractivity contribution in [2.75, 3.05) is 11.1 Å². The SMILES string of the molecule is Nc1cc(C(=O)Nc2nccnn2)[nH]n1. The second-order valence-corrected chi connectivity index (χ2v) is 2.63. The van der Waals surface area contributed by atoms with Gasteiger partial charge >= 0.3 is 0 Å². The van der Waals surface area contributed by atoms with Crippen LogP contribution in [0.5, 0.6) is 0 Å². The highest BCUT2D eigenvalue weighted by Gasteiger charge is 2.09. The molecule has 0 aromatic carbocycles. The molecule has 0 saturated heterocycles. The summed E-state index contributed by atoms with van der Waals surface area (Å²) in [6.07, 6.45) is 2.83. The zero-order chi connectivity index (χ0) is 10.7. The number of amides is 1. The number of nitrogens with one attached hydrogen (secondary N) is 2. The van der Waals surface area contributed by atoms with Crippen LogP contribution in [0.15, 0.2) is 18.5 Å². The van der Waals surface area contributed by atoms with Gasteiger partial charge in [0.15, 0.2) is 0 Å². The Kier molecular flexibility index (Phi) is 2.23. The molecule has 2 aromatic heterocycles. The molecule has 2 heterocycles. The normalized spacial score (nSPS) is 9.87. The molecule has 0 atom stereocenters. The van der Waals surface area contributed by atoms with Crippen LogP contribution in [0.1, 0.15) is 10.5 Å². The van der Waals surface area contributed by atoms with Crippen molar-refractivity contribution in [3.63, 3.8) is 0 Å². The molecule has 0 aliphatic carbocycles. The summed E-state index contributed by atoms with van der Waals surface area (Å²) >= 11 is 0. The molecule has 0 fully saturated rings. The molecule has 0 spiro atoms. The number of aromatic nitrogens is 5. The Morgan fingerprint density at radius 3 is 2.93 bits per heavy atom. The van der Waals surface area contributed by atoms with E-state index in [1.54, 1.807) is 0 Å². The standard InChI is InChI=1S/C7H7N7O/c8-5-3-4(12-13-5)6(15)11-7-9-1-2-10-14-7/h1-3H,(H3,8,12,13)(H,9,11,14,15). The van der Waals surface area contributed by atoms with Gasteiger partial charge in [0.1, 0.15) is 11.5 Å². The number of carbonyl (C=O) groups excluding carboxylic acids is 1. The first-order valence-electron chi connectivity index (χ1n) is 4.01. The quantitative estimate of drug-likeness (QED) is 0.603. The van der Waals surface area contributed by atoms with E-state index >= 15 is 0 Å². The number of hydrogen-bond donors (Lipinski definition) is 3. The number of hydrogen-bond acceptors (Lipinski definition) is 6. The number of H-pyrrole nitrogens is 1. The van der Waals surface area contributed by atoms with Crippen molar-refractivity contribution in [2.45, 2.75) is 0 Å². The summed E-state index contributed by atoms with van der Waals surface area (Å²) in [4.78, 5) is 15.3. The first-order chi connectivity index (χ1) is 7.25. The van der Waals surface area contributed by atoms with Crippen LogP contribution in [0.25, 0.3) is 0 Å². The Bertz CT molecular complexity index is 465. The van der Waals surface area contributed by atoms with Gasteiger partial charge in [-0.05, 0) is 0 Å². The van der Waals surface area contributed by atoms with E-state index in [0.29, 0.717) is 0 Å². The number of nitrogens with two attached hydrogens (primary N) is 1. The molecule has 2 rings (SSSR count). The van der Waals surface area contributed by atoms with Crippen molar-refractivity contribution in [3.8, 4) is 0 Å². The molecule has 76 valence electrons. The monoisotopic (exact) mass is 205 g/mol. The zero-order valence-corrected chi connectivity index (χ0v) is 7.51. The van der Waals surface area contributed by atoms with E-state index < -0.39 is 5.91 Å². The first kappa shape index (κ1) is 9.06. The maximum Gasteiger partial charge on any atom is 0.276 e. The second-order valence-electron chi connectivity index (χ2n) is 2.63. The van der Waals surface area contributed by atoms with Gasteiger partial charge in [0.25, 0.3) is 5.91 Å². The van der Waals surface area contributed by atoms with Gasteiger partial charge in [-0.15, -0.1) is 5.10 Å². The van der Waals surface area contributed by atoms with E-state index in [0.717, 1.165) is 0 Å². The molecule has 0 aliphatic heterocycles. The van der Waals surface area contributed by atoms with Gasteiger partial charge in [0.2, 0.25) is 5.95 Å². The van der Waals surface area contributed by atoms with Crippen molar-refractivity contribution in [1.82, 2.24) is 25.4 Å². The number of anilines is 2. The molecule has 0 radical (unpaired) electrons. The highest BCUT2D eigenvalue weighted by Crippen LogP contribution is 2.02. The average molecular weight is 205 g/mol. The minimum atomic E-state index is -0.424. The summed E-state index contributed by atoms with van der Waals surface area (Å²) in [6.45, 7) is 0. The molecular weight excluding hydrogens is 198 g/mol. The Balaban J connectivity index is 2.11. The number of carbonyl (C=O) groups is 1. The highest BCUT2D eigenvalue weighted by molar-refractivity contribution is 6.02. The molecule has 0 aliphatic rings. The fraction of sp³-hybridized carbons (Fsp3) is 0. The third-order valence-corrected chi connectivity index (χ3v) is 1.55. The summed E-state index contributed by atoms with van der Waals surface area (Å²) in [5, 5.41) is 15.6. The molecule has 0 saturated carbocycles. The molecule has 15 heavy (non-hydrogen) atoms. The molecule has 4 N–H and O–H groups in total. The molecular formula is C7H7N7O. The van der Waals surface area contributed by atoms with E-state index in [9.17, 15) is 4.79 Å². The number of aromatic amines is 1. The van der Waals surface area contributed by atoms with Gasteiger partial charge in [0, 0.05) is 6.07 Å². The summed E-state index contributed by atoms with van der Waals surface area (Å²) in [7, 11) is 0. The summed E-state index contributed by atoms with van der Waals surface area (Å²) in [5.41, 5.74) is 5.58. The lowest BCUT2D eigenvalue weighted by Gasteiger charge is -1.98. The first-order valence-corrected chi connectivity index (χ1v) is 4.01. The van der Waals surface area contributed by atoms with Crippen LogP contribution < -0.4 is 11.1 Å². The lowest BCUT2D eigenvalue weighted by molar-refractivity contribution is 0.102. The maximum atomic E-state index is 11.5. The average Bonchev–Trinajstić information content (AvgIpc) is 2.66. The number of rotatable bonds is 2. The van der Waals surface area contributed by atoms with E-state index in [-0.39, 0.29) is 17.5 Å². The van der Waals surface area contributed by atoms with E-state index in [2.05, 4.69) is 30.7 Å².